The summed E-state index contributed by atoms with van der Waals surface area (Å²) >= 11 is 6.00. The van der Waals surface area contributed by atoms with Gasteiger partial charge in [0.1, 0.15) is 5.69 Å². The molecule has 9 heteroatoms. The van der Waals surface area contributed by atoms with Gasteiger partial charge in [-0.15, -0.1) is 0 Å². The number of halogens is 1. The molecule has 1 fully saturated rings. The van der Waals surface area contributed by atoms with Gasteiger partial charge in [-0.25, -0.2) is 0 Å². The normalized spacial score (nSPS) is 14.3. The summed E-state index contributed by atoms with van der Waals surface area (Å²) < 4.78 is 0. The van der Waals surface area contributed by atoms with Crippen molar-refractivity contribution in [2.24, 2.45) is 0 Å². The monoisotopic (exact) mass is 411 g/mol. The molecule has 4 rings (SSSR count). The topological polar surface area (TPSA) is 96.9 Å². The van der Waals surface area contributed by atoms with Crippen LogP contribution >= 0.6 is 11.6 Å². The number of rotatable bonds is 3. The quantitative estimate of drug-likeness (QED) is 0.562. The molecule has 0 bridgehead atoms. The zero-order chi connectivity index (χ0) is 20.5. The van der Waals surface area contributed by atoms with Crippen molar-refractivity contribution in [3.63, 3.8) is 0 Å². The molecule has 1 saturated heterocycles. The van der Waals surface area contributed by atoms with Crippen molar-refractivity contribution in [3.8, 4) is 0 Å². The lowest BCUT2D eigenvalue weighted by atomic mass is 9.79. The molecule has 0 atom stereocenters. The molecule has 0 aliphatic carbocycles. The van der Waals surface area contributed by atoms with Crippen LogP contribution in [0.3, 0.4) is 0 Å². The highest BCUT2D eigenvalue weighted by Gasteiger charge is 2.26. The fraction of sp³-hybridized carbons (Fsp3) is 0.200. The van der Waals surface area contributed by atoms with Gasteiger partial charge >= 0.3 is 7.12 Å². The number of nitrogens with one attached hydrogen (secondary N) is 1. The third-order valence-corrected chi connectivity index (χ3v) is 5.33. The van der Waals surface area contributed by atoms with E-state index in [2.05, 4.69) is 4.98 Å². The highest BCUT2D eigenvalue weighted by Crippen LogP contribution is 2.21. The first-order valence-corrected chi connectivity index (χ1v) is 9.63. The Bertz CT molecular complexity index is 1080. The van der Waals surface area contributed by atoms with Crippen LogP contribution in [0, 0.1) is 0 Å². The van der Waals surface area contributed by atoms with Crippen LogP contribution in [0.2, 0.25) is 5.02 Å². The van der Waals surface area contributed by atoms with Gasteiger partial charge in [0.15, 0.2) is 0 Å². The van der Waals surface area contributed by atoms with Gasteiger partial charge in [-0.1, -0.05) is 23.7 Å². The fourth-order valence-electron chi connectivity index (χ4n) is 3.52. The van der Waals surface area contributed by atoms with Gasteiger partial charge < -0.3 is 24.8 Å². The number of nitrogens with zero attached hydrogens (tertiary/aromatic N) is 2. The first-order chi connectivity index (χ1) is 13.9. The number of fused-ring (bicyclic) bond motifs is 1. The minimum absolute atomic E-state index is 0.116. The number of carbonyl (C=O) groups is 2. The second-order valence-corrected chi connectivity index (χ2v) is 7.43. The van der Waals surface area contributed by atoms with E-state index >= 15 is 0 Å². The maximum absolute atomic E-state index is 12.8. The molecule has 3 N–H and O–H groups in total. The van der Waals surface area contributed by atoms with Crippen LogP contribution in [0.15, 0.2) is 48.5 Å². The van der Waals surface area contributed by atoms with E-state index < -0.39 is 7.12 Å². The van der Waals surface area contributed by atoms with Crippen LogP contribution < -0.4 is 5.46 Å². The van der Waals surface area contributed by atoms with Gasteiger partial charge in [0.25, 0.3) is 11.8 Å². The van der Waals surface area contributed by atoms with Gasteiger partial charge in [-0.3, -0.25) is 9.59 Å². The van der Waals surface area contributed by atoms with Gasteiger partial charge in [0.05, 0.1) is 0 Å². The first-order valence-electron chi connectivity index (χ1n) is 9.25. The van der Waals surface area contributed by atoms with Crippen molar-refractivity contribution in [2.45, 2.75) is 0 Å². The summed E-state index contributed by atoms with van der Waals surface area (Å²) in [4.78, 5) is 32.0. The van der Waals surface area contributed by atoms with E-state index in [-0.39, 0.29) is 17.3 Å². The predicted molar refractivity (Wildman–Crippen MR) is 111 cm³/mol. The minimum atomic E-state index is -1.62. The molecule has 2 amide bonds. The molecular weight excluding hydrogens is 393 g/mol. The fourth-order valence-corrected chi connectivity index (χ4v) is 3.70. The Morgan fingerprint density at radius 3 is 2.31 bits per heavy atom. The molecule has 1 aromatic heterocycles. The number of benzene rings is 2. The van der Waals surface area contributed by atoms with E-state index in [1.807, 2.05) is 6.07 Å². The van der Waals surface area contributed by atoms with Crippen molar-refractivity contribution in [2.75, 3.05) is 26.2 Å². The number of H-pyrrole nitrogens is 1. The van der Waals surface area contributed by atoms with Gasteiger partial charge in [-0.2, -0.15) is 0 Å². The van der Waals surface area contributed by atoms with Gasteiger partial charge in [-0.05, 0) is 41.9 Å². The molecule has 1 aliphatic rings. The maximum atomic E-state index is 12.8. The van der Waals surface area contributed by atoms with Crippen LogP contribution in [0.5, 0.6) is 0 Å². The summed E-state index contributed by atoms with van der Waals surface area (Å²) in [6, 6.07) is 13.5. The van der Waals surface area contributed by atoms with Crippen LogP contribution in [0.25, 0.3) is 10.9 Å². The third-order valence-electron chi connectivity index (χ3n) is 5.10. The Hall–Kier alpha value is -2.81. The van der Waals surface area contributed by atoms with Crippen molar-refractivity contribution in [1.29, 1.82) is 0 Å². The average Bonchev–Trinajstić information content (AvgIpc) is 3.16. The van der Waals surface area contributed by atoms with Crippen LogP contribution in [-0.4, -0.2) is 69.9 Å². The van der Waals surface area contributed by atoms with Crippen molar-refractivity contribution in [1.82, 2.24) is 14.8 Å². The second kappa shape index (κ2) is 7.90. The average molecular weight is 412 g/mol. The summed E-state index contributed by atoms with van der Waals surface area (Å²) in [7, 11) is -1.62. The highest BCUT2D eigenvalue weighted by molar-refractivity contribution is 6.58. The van der Waals surface area contributed by atoms with Crippen molar-refractivity contribution >= 4 is 46.9 Å². The predicted octanol–water partition coefficient (Wildman–Crippen LogP) is 1.10. The molecule has 0 saturated carbocycles. The van der Waals surface area contributed by atoms with Crippen molar-refractivity contribution < 1.29 is 19.6 Å². The van der Waals surface area contributed by atoms with Crippen LogP contribution in [-0.2, 0) is 0 Å². The largest absolute Gasteiger partial charge is 0.488 e. The molecule has 0 unspecified atom stereocenters. The number of aromatic nitrogens is 1. The molecule has 0 spiro atoms. The van der Waals surface area contributed by atoms with E-state index in [0.29, 0.717) is 42.5 Å². The first kappa shape index (κ1) is 19.5. The van der Waals surface area contributed by atoms with Crippen LogP contribution in [0.1, 0.15) is 20.8 Å². The maximum Gasteiger partial charge on any atom is 0.488 e. The highest BCUT2D eigenvalue weighted by atomic mass is 35.5. The number of hydrogen-bond acceptors (Lipinski definition) is 4. The molecule has 2 aromatic carbocycles. The standard InChI is InChI=1S/C20H19BClN3O4/c22-16-4-5-17-14(11-16)12-18(23-17)20(27)25-8-6-24(7-9-25)19(26)13-2-1-3-15(10-13)21(28)29/h1-5,10-12,23,28-29H,6-9H2. The SMILES string of the molecule is O=C(c1cccc(B(O)O)c1)N1CCN(C(=O)c2cc3cc(Cl)ccc3[nH]2)CC1. The molecule has 1 aliphatic heterocycles. The second-order valence-electron chi connectivity index (χ2n) is 7.00. The lowest BCUT2D eigenvalue weighted by Gasteiger charge is -2.34. The summed E-state index contributed by atoms with van der Waals surface area (Å²) in [5, 5.41) is 20.1. The van der Waals surface area contributed by atoms with E-state index in [0.717, 1.165) is 10.9 Å². The number of hydrogen-bond donors (Lipinski definition) is 3. The Balaban J connectivity index is 1.42. The number of piperazine rings is 1. The van der Waals surface area contributed by atoms with Gasteiger partial charge in [0, 0.05) is 47.7 Å². The zero-order valence-electron chi connectivity index (χ0n) is 15.5. The Kier molecular flexibility index (Phi) is 5.32. The molecule has 148 valence electrons. The molecule has 29 heavy (non-hydrogen) atoms. The molecule has 7 nitrogen and oxygen atoms in total. The Morgan fingerprint density at radius 2 is 1.62 bits per heavy atom. The molecule has 3 aromatic rings. The molecule has 0 radical (unpaired) electrons. The van der Waals surface area contributed by atoms with E-state index in [1.54, 1.807) is 46.2 Å². The Morgan fingerprint density at radius 1 is 0.931 bits per heavy atom. The van der Waals surface area contributed by atoms with Crippen molar-refractivity contribution in [3.05, 3.63) is 64.8 Å². The Labute approximate surface area is 172 Å². The number of aromatic amines is 1. The lowest BCUT2D eigenvalue weighted by molar-refractivity contribution is 0.0533. The van der Waals surface area contributed by atoms with E-state index in [1.165, 1.54) is 6.07 Å². The number of amides is 2. The van der Waals surface area contributed by atoms with E-state index in [4.69, 9.17) is 11.6 Å². The molecule has 2 heterocycles. The summed E-state index contributed by atoms with van der Waals surface area (Å²) in [5.41, 5.74) is 2.00. The third kappa shape index (κ3) is 4.00. The lowest BCUT2D eigenvalue weighted by Crippen LogP contribution is -2.50. The zero-order valence-corrected chi connectivity index (χ0v) is 16.3. The summed E-state index contributed by atoms with van der Waals surface area (Å²) in [5.74, 6) is -0.310. The minimum Gasteiger partial charge on any atom is -0.423 e. The summed E-state index contributed by atoms with van der Waals surface area (Å²) in [6.45, 7) is 1.65. The smallest absolute Gasteiger partial charge is 0.423 e. The van der Waals surface area contributed by atoms with Gasteiger partial charge in [0.2, 0.25) is 0 Å². The van der Waals surface area contributed by atoms with Crippen LogP contribution in [0.4, 0.5) is 0 Å². The van der Waals surface area contributed by atoms with E-state index in [9.17, 15) is 19.6 Å². The molecular formula is C20H19BClN3O4. The summed E-state index contributed by atoms with van der Waals surface area (Å²) in [6.07, 6.45) is 0. The number of carbonyl (C=O) groups excluding carboxylic acids is 2.